The maximum absolute atomic E-state index is 10.7. The first-order valence-corrected chi connectivity index (χ1v) is 5.15. The fourth-order valence-corrected chi connectivity index (χ4v) is 1.96. The molecule has 0 aliphatic carbocycles. The summed E-state index contributed by atoms with van der Waals surface area (Å²) < 4.78 is 5.33. The Hall–Kier alpha value is -0.340. The summed E-state index contributed by atoms with van der Waals surface area (Å²) in [5, 5.41) is 18.1. The van der Waals surface area contributed by atoms with Gasteiger partial charge in [0.25, 0.3) is 0 Å². The van der Waals surface area contributed by atoms with Crippen LogP contribution in [0, 0.1) is 0 Å². The van der Waals surface area contributed by atoms with E-state index in [0.29, 0.717) is 0 Å². The summed E-state index contributed by atoms with van der Waals surface area (Å²) in [5.74, 6) is -0.558. The Morgan fingerprint density at radius 2 is 2.07 bits per heavy atom. The molecule has 6 nitrogen and oxygen atoms in total. The molecule has 0 aromatic heterocycles. The Kier molecular flexibility index (Phi) is 4.35. The van der Waals surface area contributed by atoms with Gasteiger partial charge in [-0.15, -0.1) is 0 Å². The van der Waals surface area contributed by atoms with Crippen molar-refractivity contribution < 1.29 is 19.7 Å². The number of carbonyl (C=O) groups excluding carboxylic acids is 1. The van der Waals surface area contributed by atoms with Crippen LogP contribution in [0.3, 0.4) is 0 Å². The van der Waals surface area contributed by atoms with E-state index in [4.69, 9.17) is 21.3 Å². The van der Waals surface area contributed by atoms with Crippen molar-refractivity contribution in [3.05, 3.63) is 0 Å². The molecule has 1 fully saturated rings. The summed E-state index contributed by atoms with van der Waals surface area (Å²) in [4.78, 5) is 10.7. The number of amides is 1. The summed E-state index contributed by atoms with van der Waals surface area (Å²) in [6.45, 7) is -0.285. The van der Waals surface area contributed by atoms with Gasteiger partial charge >= 0.3 is 0 Å². The first kappa shape index (κ1) is 12.7. The van der Waals surface area contributed by atoms with Crippen LogP contribution < -0.4 is 11.5 Å². The lowest BCUT2D eigenvalue weighted by Crippen LogP contribution is -2.60. The molecule has 5 atom stereocenters. The number of ether oxygens (including phenoxy) is 1. The lowest BCUT2D eigenvalue weighted by atomic mass is 9.94. The molecule has 7 heteroatoms. The molecular formula is C8H16N2O4S. The van der Waals surface area contributed by atoms with Gasteiger partial charge in [-0.05, 0) is 0 Å². The van der Waals surface area contributed by atoms with E-state index >= 15 is 0 Å². The molecular weight excluding hydrogens is 220 g/mol. The third-order valence-electron chi connectivity index (χ3n) is 2.49. The van der Waals surface area contributed by atoms with E-state index in [1.54, 1.807) is 0 Å². The molecule has 1 aliphatic rings. The van der Waals surface area contributed by atoms with E-state index in [-0.39, 0.29) is 13.0 Å². The smallest absolute Gasteiger partial charge is 0.220 e. The van der Waals surface area contributed by atoms with E-state index in [1.807, 2.05) is 0 Å². The molecule has 6 N–H and O–H groups in total. The average Bonchev–Trinajstić information content (AvgIpc) is 2.18. The van der Waals surface area contributed by atoms with E-state index in [1.165, 1.54) is 0 Å². The maximum Gasteiger partial charge on any atom is 0.220 e. The third-order valence-corrected chi connectivity index (χ3v) is 3.12. The Bertz CT molecular complexity index is 239. The summed E-state index contributed by atoms with van der Waals surface area (Å²) in [6, 6.07) is -0.720. The lowest BCUT2D eigenvalue weighted by molar-refractivity contribution is -0.136. The van der Waals surface area contributed by atoms with Gasteiger partial charge in [0.15, 0.2) is 0 Å². The quantitative estimate of drug-likeness (QED) is 0.350. The van der Waals surface area contributed by atoms with Gasteiger partial charge in [0.2, 0.25) is 5.91 Å². The van der Waals surface area contributed by atoms with Crippen molar-refractivity contribution in [3.8, 4) is 0 Å². The molecule has 0 spiro atoms. The Labute approximate surface area is 93.0 Å². The second-order valence-electron chi connectivity index (χ2n) is 3.62. The van der Waals surface area contributed by atoms with Crippen LogP contribution in [0.5, 0.6) is 0 Å². The van der Waals surface area contributed by atoms with Crippen LogP contribution in [-0.2, 0) is 9.53 Å². The van der Waals surface area contributed by atoms with Crippen molar-refractivity contribution in [1.29, 1.82) is 0 Å². The fraction of sp³-hybridized carbons (Fsp3) is 0.875. The van der Waals surface area contributed by atoms with Crippen LogP contribution >= 0.6 is 12.6 Å². The zero-order chi connectivity index (χ0) is 11.6. The first-order chi connectivity index (χ1) is 6.97. The predicted octanol–water partition coefficient (Wildman–Crippen LogP) is -2.39. The number of primary amides is 1. The van der Waals surface area contributed by atoms with Crippen LogP contribution in [0.15, 0.2) is 0 Å². The topological polar surface area (TPSA) is 119 Å². The van der Waals surface area contributed by atoms with E-state index < -0.39 is 35.5 Å². The fourth-order valence-electron chi connectivity index (χ4n) is 1.60. The number of aliphatic hydroxyl groups excluding tert-OH is 2. The number of aliphatic hydroxyl groups is 2. The highest BCUT2D eigenvalue weighted by molar-refractivity contribution is 7.81. The highest BCUT2D eigenvalue weighted by Gasteiger charge is 2.41. The number of hydrogen-bond donors (Lipinski definition) is 5. The second-order valence-corrected chi connectivity index (χ2v) is 4.22. The molecule has 1 heterocycles. The normalized spacial score (nSPS) is 41.5. The minimum absolute atomic E-state index is 0.0742. The van der Waals surface area contributed by atoms with Crippen molar-refractivity contribution >= 4 is 18.5 Å². The number of nitrogens with two attached hydrogens (primary N) is 2. The second kappa shape index (κ2) is 5.13. The summed E-state index contributed by atoms with van der Waals surface area (Å²) in [7, 11) is 0. The van der Waals surface area contributed by atoms with Gasteiger partial charge in [-0.1, -0.05) is 0 Å². The molecule has 88 valence electrons. The zero-order valence-electron chi connectivity index (χ0n) is 8.11. The molecule has 1 rings (SSSR count). The van der Waals surface area contributed by atoms with Crippen LogP contribution in [0.25, 0.3) is 0 Å². The Morgan fingerprint density at radius 1 is 1.47 bits per heavy atom. The highest BCUT2D eigenvalue weighted by Crippen LogP contribution is 2.25. The van der Waals surface area contributed by atoms with Gasteiger partial charge < -0.3 is 26.4 Å². The highest BCUT2D eigenvalue weighted by atomic mass is 32.1. The summed E-state index contributed by atoms with van der Waals surface area (Å²) in [6.07, 6.45) is -2.30. The largest absolute Gasteiger partial charge is 0.394 e. The van der Waals surface area contributed by atoms with Crippen LogP contribution in [-0.4, -0.2) is 52.3 Å². The first-order valence-electron chi connectivity index (χ1n) is 4.63. The molecule has 1 amide bonds. The Balaban J connectivity index is 2.69. The van der Waals surface area contributed by atoms with Crippen LogP contribution in [0.2, 0.25) is 0 Å². The van der Waals surface area contributed by atoms with Gasteiger partial charge in [-0.25, -0.2) is 0 Å². The molecule has 2 unspecified atom stereocenters. The summed E-state index contributed by atoms with van der Waals surface area (Å²) >= 11 is 4.09. The molecule has 0 aromatic carbocycles. The minimum atomic E-state index is -0.927. The Morgan fingerprint density at radius 3 is 2.53 bits per heavy atom. The van der Waals surface area contributed by atoms with Crippen LogP contribution in [0.1, 0.15) is 6.42 Å². The molecule has 0 radical (unpaired) electrons. The van der Waals surface area contributed by atoms with E-state index in [0.717, 1.165) is 0 Å². The molecule has 1 saturated heterocycles. The molecule has 1 aliphatic heterocycles. The SMILES string of the molecule is NC(=O)CC1O[C@H](CO)C(S)[C@H](O)[C@H]1N. The lowest BCUT2D eigenvalue weighted by Gasteiger charge is -2.40. The predicted molar refractivity (Wildman–Crippen MR) is 56.3 cm³/mol. The summed E-state index contributed by atoms with van der Waals surface area (Å²) in [5.41, 5.74) is 10.7. The van der Waals surface area contributed by atoms with Crippen molar-refractivity contribution in [1.82, 2.24) is 0 Å². The maximum atomic E-state index is 10.7. The van der Waals surface area contributed by atoms with Gasteiger partial charge in [0.1, 0.15) is 0 Å². The van der Waals surface area contributed by atoms with Crippen molar-refractivity contribution in [3.63, 3.8) is 0 Å². The third kappa shape index (κ3) is 2.82. The average molecular weight is 236 g/mol. The standard InChI is InChI=1S/C8H16N2O4S/c9-5(12)1-3-6(10)7(13)8(15)4(2-11)14-3/h3-4,6-8,11,13,15H,1-2,10H2,(H2,9,12)/t3?,4-,6+,7-,8?/m1/s1. The van der Waals surface area contributed by atoms with E-state index in [2.05, 4.69) is 12.6 Å². The van der Waals surface area contributed by atoms with Crippen molar-refractivity contribution in [2.24, 2.45) is 11.5 Å². The number of thiol groups is 1. The van der Waals surface area contributed by atoms with Gasteiger partial charge in [0.05, 0.1) is 42.6 Å². The molecule has 0 bridgehead atoms. The van der Waals surface area contributed by atoms with Crippen molar-refractivity contribution in [2.75, 3.05) is 6.61 Å². The van der Waals surface area contributed by atoms with Gasteiger partial charge in [-0.2, -0.15) is 12.6 Å². The number of carbonyl (C=O) groups is 1. The molecule has 0 aromatic rings. The van der Waals surface area contributed by atoms with Crippen molar-refractivity contribution in [2.45, 2.75) is 36.0 Å². The molecule has 0 saturated carbocycles. The van der Waals surface area contributed by atoms with Crippen LogP contribution in [0.4, 0.5) is 0 Å². The monoisotopic (exact) mass is 236 g/mol. The van der Waals surface area contributed by atoms with Gasteiger partial charge in [-0.3, -0.25) is 4.79 Å². The minimum Gasteiger partial charge on any atom is -0.394 e. The zero-order valence-corrected chi connectivity index (χ0v) is 9.01. The van der Waals surface area contributed by atoms with E-state index in [9.17, 15) is 9.90 Å². The number of hydrogen-bond acceptors (Lipinski definition) is 6. The number of rotatable bonds is 3. The molecule has 15 heavy (non-hydrogen) atoms. The van der Waals surface area contributed by atoms with Gasteiger partial charge in [0, 0.05) is 0 Å².